The van der Waals surface area contributed by atoms with Crippen LogP contribution in [0.3, 0.4) is 0 Å². The van der Waals surface area contributed by atoms with Crippen molar-refractivity contribution in [2.45, 2.75) is 26.3 Å². The van der Waals surface area contributed by atoms with E-state index in [1.807, 2.05) is 19.1 Å². The molecule has 0 aliphatic rings. The maximum Gasteiger partial charge on any atom is 0.0449 e. The van der Waals surface area contributed by atoms with Gasteiger partial charge in [-0.3, -0.25) is 0 Å². The predicted octanol–water partition coefficient (Wildman–Crippen LogP) is 2.45. The van der Waals surface area contributed by atoms with E-state index in [0.29, 0.717) is 6.42 Å². The van der Waals surface area contributed by atoms with Crippen LogP contribution in [0.2, 0.25) is 0 Å². The van der Waals surface area contributed by atoms with Crippen LogP contribution in [0.15, 0.2) is 16.6 Å². The quantitative estimate of drug-likeness (QED) is 0.874. The largest absolute Gasteiger partial charge is 0.396 e. The molecule has 0 bridgehead atoms. The number of hydrogen-bond donors (Lipinski definition) is 2. The highest BCUT2D eigenvalue weighted by Gasteiger charge is 2.11. The average molecular weight is 258 g/mol. The maximum absolute atomic E-state index is 8.82. The van der Waals surface area contributed by atoms with Gasteiger partial charge in [-0.2, -0.15) is 0 Å². The van der Waals surface area contributed by atoms with Crippen molar-refractivity contribution < 1.29 is 5.11 Å². The normalized spacial score (nSPS) is 12.9. The molecule has 0 aromatic heterocycles. The Kier molecular flexibility index (Phi) is 4.11. The van der Waals surface area contributed by atoms with Crippen molar-refractivity contribution in [1.82, 2.24) is 0 Å². The van der Waals surface area contributed by atoms with Gasteiger partial charge in [0.25, 0.3) is 0 Å². The van der Waals surface area contributed by atoms with Crippen molar-refractivity contribution >= 4 is 15.9 Å². The van der Waals surface area contributed by atoms with Crippen molar-refractivity contribution in [3.63, 3.8) is 0 Å². The summed E-state index contributed by atoms with van der Waals surface area (Å²) in [5.41, 5.74) is 9.44. The third kappa shape index (κ3) is 2.35. The zero-order valence-electron chi connectivity index (χ0n) is 8.55. The number of nitrogens with two attached hydrogens (primary N) is 1. The van der Waals surface area contributed by atoms with Gasteiger partial charge < -0.3 is 10.8 Å². The molecule has 0 fully saturated rings. The van der Waals surface area contributed by atoms with Gasteiger partial charge >= 0.3 is 0 Å². The molecule has 1 atom stereocenters. The second-order valence-corrected chi connectivity index (χ2v) is 4.32. The third-order valence-electron chi connectivity index (χ3n) is 2.46. The van der Waals surface area contributed by atoms with E-state index in [9.17, 15) is 0 Å². The number of rotatable bonds is 3. The van der Waals surface area contributed by atoms with Crippen LogP contribution in [0.5, 0.6) is 0 Å². The molecule has 1 unspecified atom stereocenters. The van der Waals surface area contributed by atoms with Crippen LogP contribution in [0.25, 0.3) is 0 Å². The van der Waals surface area contributed by atoms with Crippen molar-refractivity contribution in [1.29, 1.82) is 0 Å². The number of aryl methyl sites for hydroxylation is 1. The Morgan fingerprint density at radius 3 is 2.64 bits per heavy atom. The number of halogens is 1. The molecule has 14 heavy (non-hydrogen) atoms. The molecule has 0 aliphatic heterocycles. The van der Waals surface area contributed by atoms with E-state index in [2.05, 4.69) is 22.9 Å². The molecule has 2 nitrogen and oxygen atoms in total. The molecule has 3 N–H and O–H groups in total. The van der Waals surface area contributed by atoms with Gasteiger partial charge in [0.15, 0.2) is 0 Å². The van der Waals surface area contributed by atoms with Crippen molar-refractivity contribution in [3.05, 3.63) is 33.3 Å². The molecule has 3 heteroatoms. The number of aliphatic hydroxyl groups is 1. The standard InChI is InChI=1S/C11H16BrNO/c1-7-3-4-9(8(2)11(7)12)10(13)5-6-14/h3-4,10,14H,5-6,13H2,1-2H3. The lowest BCUT2D eigenvalue weighted by atomic mass is 9.98. The highest BCUT2D eigenvalue weighted by atomic mass is 79.9. The highest BCUT2D eigenvalue weighted by Crippen LogP contribution is 2.27. The first-order valence-corrected chi connectivity index (χ1v) is 5.49. The van der Waals surface area contributed by atoms with Gasteiger partial charge in [0.2, 0.25) is 0 Å². The van der Waals surface area contributed by atoms with Crippen LogP contribution >= 0.6 is 15.9 Å². The Morgan fingerprint density at radius 2 is 2.07 bits per heavy atom. The molecule has 0 saturated heterocycles. The Labute approximate surface area is 93.3 Å². The molecule has 1 aromatic rings. The molecule has 0 aliphatic carbocycles. The summed E-state index contributed by atoms with van der Waals surface area (Å²) in [7, 11) is 0. The minimum atomic E-state index is -0.0723. The van der Waals surface area contributed by atoms with Gasteiger partial charge in [-0.1, -0.05) is 28.1 Å². The minimum Gasteiger partial charge on any atom is -0.396 e. The summed E-state index contributed by atoms with van der Waals surface area (Å²) in [6.07, 6.45) is 0.607. The fourth-order valence-corrected chi connectivity index (χ4v) is 1.89. The summed E-state index contributed by atoms with van der Waals surface area (Å²) in [5.74, 6) is 0. The molecule has 1 aromatic carbocycles. The summed E-state index contributed by atoms with van der Waals surface area (Å²) in [4.78, 5) is 0. The van der Waals surface area contributed by atoms with Gasteiger partial charge in [-0.05, 0) is 37.0 Å². The zero-order chi connectivity index (χ0) is 10.7. The second kappa shape index (κ2) is 4.91. The summed E-state index contributed by atoms with van der Waals surface area (Å²) in [6, 6.07) is 4.01. The molecular weight excluding hydrogens is 242 g/mol. The van der Waals surface area contributed by atoms with E-state index in [4.69, 9.17) is 10.8 Å². The van der Waals surface area contributed by atoms with Gasteiger partial charge in [0.1, 0.15) is 0 Å². The molecule has 0 radical (unpaired) electrons. The number of hydrogen-bond acceptors (Lipinski definition) is 2. The van der Waals surface area contributed by atoms with Crippen LogP contribution < -0.4 is 5.73 Å². The lowest BCUT2D eigenvalue weighted by molar-refractivity contribution is 0.276. The van der Waals surface area contributed by atoms with Gasteiger partial charge in [0.05, 0.1) is 0 Å². The van der Waals surface area contributed by atoms with Crippen LogP contribution in [-0.2, 0) is 0 Å². The van der Waals surface area contributed by atoms with Gasteiger partial charge in [-0.15, -0.1) is 0 Å². The molecule has 0 spiro atoms. The fourth-order valence-electron chi connectivity index (χ4n) is 1.53. The summed E-state index contributed by atoms with van der Waals surface area (Å²) in [6.45, 7) is 4.23. The Morgan fingerprint density at radius 1 is 1.43 bits per heavy atom. The van der Waals surface area contributed by atoms with Crippen LogP contribution in [-0.4, -0.2) is 11.7 Å². The van der Waals surface area contributed by atoms with Crippen LogP contribution in [0, 0.1) is 13.8 Å². The van der Waals surface area contributed by atoms with Crippen molar-refractivity contribution in [3.8, 4) is 0 Å². The average Bonchev–Trinajstić information content (AvgIpc) is 2.15. The topological polar surface area (TPSA) is 46.2 Å². The van der Waals surface area contributed by atoms with E-state index in [-0.39, 0.29) is 12.6 Å². The second-order valence-electron chi connectivity index (χ2n) is 3.53. The SMILES string of the molecule is Cc1ccc(C(N)CCO)c(C)c1Br. The monoisotopic (exact) mass is 257 g/mol. The number of benzene rings is 1. The van der Waals surface area contributed by atoms with E-state index in [1.54, 1.807) is 0 Å². The Hall–Kier alpha value is -0.380. The first-order chi connectivity index (χ1) is 6.57. The minimum absolute atomic E-state index is 0.0723. The Balaban J connectivity index is 3.04. The maximum atomic E-state index is 8.82. The highest BCUT2D eigenvalue weighted by molar-refractivity contribution is 9.10. The molecule has 1 rings (SSSR count). The zero-order valence-corrected chi connectivity index (χ0v) is 10.1. The van der Waals surface area contributed by atoms with Crippen LogP contribution in [0.4, 0.5) is 0 Å². The third-order valence-corrected chi connectivity index (χ3v) is 3.68. The predicted molar refractivity (Wildman–Crippen MR) is 62.2 cm³/mol. The van der Waals surface area contributed by atoms with E-state index in [1.165, 1.54) is 11.1 Å². The van der Waals surface area contributed by atoms with Gasteiger partial charge in [0, 0.05) is 17.1 Å². The molecule has 0 heterocycles. The lowest BCUT2D eigenvalue weighted by Crippen LogP contribution is -2.13. The summed E-state index contributed by atoms with van der Waals surface area (Å²) in [5, 5.41) is 8.82. The van der Waals surface area contributed by atoms with Gasteiger partial charge in [-0.25, -0.2) is 0 Å². The fraction of sp³-hybridized carbons (Fsp3) is 0.455. The van der Waals surface area contributed by atoms with E-state index < -0.39 is 0 Å². The number of aliphatic hydroxyl groups excluding tert-OH is 1. The van der Waals surface area contributed by atoms with Crippen molar-refractivity contribution in [2.75, 3.05) is 6.61 Å². The van der Waals surface area contributed by atoms with E-state index >= 15 is 0 Å². The molecule has 0 saturated carbocycles. The summed E-state index contributed by atoms with van der Waals surface area (Å²) < 4.78 is 1.11. The first kappa shape index (κ1) is 11.7. The summed E-state index contributed by atoms with van der Waals surface area (Å²) >= 11 is 3.53. The molecular formula is C11H16BrNO. The van der Waals surface area contributed by atoms with Crippen molar-refractivity contribution in [2.24, 2.45) is 5.73 Å². The van der Waals surface area contributed by atoms with Crippen LogP contribution in [0.1, 0.15) is 29.2 Å². The molecule has 78 valence electrons. The Bertz CT molecular complexity index is 325. The van der Waals surface area contributed by atoms with E-state index in [0.717, 1.165) is 10.0 Å². The lowest BCUT2D eigenvalue weighted by Gasteiger charge is -2.15. The smallest absolute Gasteiger partial charge is 0.0449 e. The molecule has 0 amide bonds. The first-order valence-electron chi connectivity index (χ1n) is 4.70.